The van der Waals surface area contributed by atoms with Crippen LogP contribution in [0.4, 0.5) is 21.8 Å². The Labute approximate surface area is 184 Å². The van der Waals surface area contributed by atoms with Gasteiger partial charge in [0, 0.05) is 19.6 Å². The highest BCUT2D eigenvalue weighted by Gasteiger charge is 2.35. The van der Waals surface area contributed by atoms with Crippen molar-refractivity contribution in [2.45, 2.75) is 32.1 Å². The fourth-order valence-corrected chi connectivity index (χ4v) is 3.65. The number of rotatable bonds is 7. The van der Waals surface area contributed by atoms with Crippen molar-refractivity contribution in [3.8, 4) is 5.88 Å². The summed E-state index contributed by atoms with van der Waals surface area (Å²) in [5, 5.41) is 10.1. The third kappa shape index (κ3) is 3.95. The third-order valence-corrected chi connectivity index (χ3v) is 5.25. The Morgan fingerprint density at radius 1 is 1.38 bits per heavy atom. The molecule has 1 fully saturated rings. The number of nitrogens with zero attached hydrogens (tertiary/aromatic N) is 7. The monoisotopic (exact) mass is 443 g/mol. The minimum absolute atomic E-state index is 0.0546. The molecular formula is C20H26FN9O2. The molecule has 0 aliphatic carbocycles. The summed E-state index contributed by atoms with van der Waals surface area (Å²) in [6.45, 7) is 7.75. The highest BCUT2D eigenvalue weighted by molar-refractivity contribution is 5.88. The Morgan fingerprint density at radius 2 is 2.16 bits per heavy atom. The Balaban J connectivity index is 1.74. The van der Waals surface area contributed by atoms with Crippen molar-refractivity contribution in [3.63, 3.8) is 0 Å². The van der Waals surface area contributed by atoms with E-state index < -0.39 is 18.1 Å². The van der Waals surface area contributed by atoms with Crippen LogP contribution < -0.4 is 20.3 Å². The Kier molecular flexibility index (Phi) is 5.68. The van der Waals surface area contributed by atoms with Crippen LogP contribution in [-0.2, 0) is 11.8 Å². The van der Waals surface area contributed by atoms with Crippen LogP contribution in [0.25, 0.3) is 11.2 Å². The lowest BCUT2D eigenvalue weighted by Gasteiger charge is -2.18. The standard InChI is InChI=1S/C20H26FN9O2/c1-6-15(31)23-13-9-29(7-12(13)21)20-25-17(24-14-8-28(4)27-19(14)32-5)16-18(26-20)30(10-22-16)11(2)3/h6,8,10-13H,1,7,9H2,2-5H3,(H,23,31)(H,24,25,26). The Morgan fingerprint density at radius 3 is 2.84 bits per heavy atom. The molecule has 0 radical (unpaired) electrons. The summed E-state index contributed by atoms with van der Waals surface area (Å²) in [5.74, 6) is 0.772. The quantitative estimate of drug-likeness (QED) is 0.531. The molecule has 1 saturated heterocycles. The molecule has 4 rings (SSSR count). The molecule has 1 aliphatic rings. The van der Waals surface area contributed by atoms with Gasteiger partial charge in [0.2, 0.25) is 11.9 Å². The SMILES string of the molecule is C=CC(=O)NC1CN(c2nc(Nc3cn(C)nc3OC)c3ncn(C(C)C)c3n2)CC1F. The van der Waals surface area contributed by atoms with Crippen molar-refractivity contribution < 1.29 is 13.9 Å². The predicted octanol–water partition coefficient (Wildman–Crippen LogP) is 1.72. The average molecular weight is 443 g/mol. The molecule has 32 heavy (non-hydrogen) atoms. The van der Waals surface area contributed by atoms with Gasteiger partial charge in [-0.15, -0.1) is 5.10 Å². The zero-order valence-electron chi connectivity index (χ0n) is 18.4. The fraction of sp³-hybridized carbons (Fsp3) is 0.450. The minimum Gasteiger partial charge on any atom is -0.478 e. The average Bonchev–Trinajstić information content (AvgIpc) is 3.44. The van der Waals surface area contributed by atoms with Gasteiger partial charge in [0.25, 0.3) is 5.88 Å². The van der Waals surface area contributed by atoms with Crippen LogP contribution in [0.1, 0.15) is 19.9 Å². The number of nitrogens with one attached hydrogen (secondary N) is 2. The summed E-state index contributed by atoms with van der Waals surface area (Å²) in [5.41, 5.74) is 1.80. The van der Waals surface area contributed by atoms with Crippen molar-refractivity contribution in [1.82, 2.24) is 34.6 Å². The van der Waals surface area contributed by atoms with Gasteiger partial charge in [0.05, 0.1) is 32.2 Å². The number of imidazole rings is 1. The molecule has 0 saturated carbocycles. The van der Waals surface area contributed by atoms with Gasteiger partial charge in [-0.05, 0) is 19.9 Å². The number of aromatic nitrogens is 6. The summed E-state index contributed by atoms with van der Waals surface area (Å²) in [6, 6.07) is -0.569. The van der Waals surface area contributed by atoms with Gasteiger partial charge in [0.1, 0.15) is 11.9 Å². The van der Waals surface area contributed by atoms with Crippen molar-refractivity contribution >= 4 is 34.5 Å². The van der Waals surface area contributed by atoms with Crippen LogP contribution in [0, 0.1) is 0 Å². The number of hydrogen-bond donors (Lipinski definition) is 2. The van der Waals surface area contributed by atoms with E-state index in [4.69, 9.17) is 4.74 Å². The van der Waals surface area contributed by atoms with Gasteiger partial charge in [-0.3, -0.25) is 9.48 Å². The van der Waals surface area contributed by atoms with Gasteiger partial charge in [0.15, 0.2) is 17.0 Å². The number of alkyl halides is 1. The van der Waals surface area contributed by atoms with Crippen LogP contribution in [0.15, 0.2) is 25.2 Å². The highest BCUT2D eigenvalue weighted by Crippen LogP contribution is 2.31. The molecule has 2 unspecified atom stereocenters. The summed E-state index contributed by atoms with van der Waals surface area (Å²) in [6.07, 6.45) is 3.33. The number of halogens is 1. The summed E-state index contributed by atoms with van der Waals surface area (Å²) in [4.78, 5) is 27.2. The van der Waals surface area contributed by atoms with E-state index in [0.717, 1.165) is 6.08 Å². The molecule has 1 amide bonds. The molecule has 2 atom stereocenters. The lowest BCUT2D eigenvalue weighted by Crippen LogP contribution is -2.40. The fourth-order valence-electron chi connectivity index (χ4n) is 3.65. The number of hydrogen-bond acceptors (Lipinski definition) is 8. The molecule has 0 aromatic carbocycles. The Bertz CT molecular complexity index is 1160. The first-order chi connectivity index (χ1) is 15.3. The van der Waals surface area contributed by atoms with Crippen LogP contribution in [-0.4, -0.2) is 67.6 Å². The van der Waals surface area contributed by atoms with Gasteiger partial charge in [-0.2, -0.15) is 9.97 Å². The molecule has 3 aromatic heterocycles. The number of aryl methyl sites for hydroxylation is 1. The van der Waals surface area contributed by atoms with Crippen LogP contribution in [0.3, 0.4) is 0 Å². The maximum atomic E-state index is 14.6. The van der Waals surface area contributed by atoms with E-state index in [0.29, 0.717) is 34.5 Å². The zero-order chi connectivity index (χ0) is 23.0. The molecule has 0 spiro atoms. The molecule has 3 aromatic rings. The van der Waals surface area contributed by atoms with E-state index in [1.807, 2.05) is 18.4 Å². The van der Waals surface area contributed by atoms with Crippen LogP contribution in [0.2, 0.25) is 0 Å². The Hall–Kier alpha value is -3.70. The first-order valence-electron chi connectivity index (χ1n) is 10.2. The molecule has 170 valence electrons. The van der Waals surface area contributed by atoms with E-state index >= 15 is 0 Å². The number of methoxy groups -OCH3 is 1. The number of fused-ring (bicyclic) bond motifs is 1. The molecule has 1 aliphatic heterocycles. The van der Waals surface area contributed by atoms with Crippen molar-refractivity contribution in [2.24, 2.45) is 7.05 Å². The normalized spacial score (nSPS) is 18.4. The topological polar surface area (TPSA) is 115 Å². The van der Waals surface area contributed by atoms with Crippen molar-refractivity contribution in [2.75, 3.05) is 30.4 Å². The summed E-state index contributed by atoms with van der Waals surface area (Å²) >= 11 is 0. The largest absolute Gasteiger partial charge is 0.478 e. The summed E-state index contributed by atoms with van der Waals surface area (Å²) < 4.78 is 23.5. The highest BCUT2D eigenvalue weighted by atomic mass is 19.1. The van der Waals surface area contributed by atoms with E-state index in [1.165, 1.54) is 7.11 Å². The first kappa shape index (κ1) is 21.5. The van der Waals surface area contributed by atoms with E-state index in [9.17, 15) is 9.18 Å². The molecule has 2 N–H and O–H groups in total. The number of amides is 1. The first-order valence-corrected chi connectivity index (χ1v) is 10.2. The van der Waals surface area contributed by atoms with Gasteiger partial charge >= 0.3 is 0 Å². The number of anilines is 3. The van der Waals surface area contributed by atoms with Crippen molar-refractivity contribution in [3.05, 3.63) is 25.2 Å². The van der Waals surface area contributed by atoms with Gasteiger partial charge in [-0.25, -0.2) is 9.37 Å². The summed E-state index contributed by atoms with van der Waals surface area (Å²) in [7, 11) is 3.32. The van der Waals surface area contributed by atoms with Crippen LogP contribution in [0.5, 0.6) is 5.88 Å². The number of ether oxygens (including phenoxy) is 1. The molecule has 0 bridgehead atoms. The zero-order valence-corrected chi connectivity index (χ0v) is 18.4. The lowest BCUT2D eigenvalue weighted by molar-refractivity contribution is -0.117. The van der Waals surface area contributed by atoms with E-state index in [2.05, 4.69) is 37.3 Å². The lowest BCUT2D eigenvalue weighted by atomic mass is 10.2. The van der Waals surface area contributed by atoms with E-state index in [-0.39, 0.29) is 19.1 Å². The van der Waals surface area contributed by atoms with E-state index in [1.54, 1.807) is 29.2 Å². The molecule has 4 heterocycles. The second kappa shape index (κ2) is 8.44. The molecular weight excluding hydrogens is 417 g/mol. The van der Waals surface area contributed by atoms with Crippen LogP contribution >= 0.6 is 0 Å². The second-order valence-corrected chi connectivity index (χ2v) is 7.88. The second-order valence-electron chi connectivity index (χ2n) is 7.88. The third-order valence-electron chi connectivity index (χ3n) is 5.25. The van der Waals surface area contributed by atoms with Crippen molar-refractivity contribution in [1.29, 1.82) is 0 Å². The minimum atomic E-state index is -1.26. The molecule has 11 nitrogen and oxygen atoms in total. The van der Waals surface area contributed by atoms with Gasteiger partial charge < -0.3 is 24.8 Å². The predicted molar refractivity (Wildman–Crippen MR) is 118 cm³/mol. The maximum absolute atomic E-state index is 14.6. The smallest absolute Gasteiger partial charge is 0.256 e. The number of carbonyl (C=O) groups excluding carboxylic acids is 1. The maximum Gasteiger partial charge on any atom is 0.256 e. The molecule has 12 heteroatoms. The van der Waals surface area contributed by atoms with Gasteiger partial charge in [-0.1, -0.05) is 6.58 Å². The number of carbonyl (C=O) groups is 1.